The van der Waals surface area contributed by atoms with Crippen LogP contribution in [0.3, 0.4) is 0 Å². The maximum Gasteiger partial charge on any atom is 0.359 e. The van der Waals surface area contributed by atoms with Gasteiger partial charge in [-0.15, -0.1) is 0 Å². The second-order valence-electron chi connectivity index (χ2n) is 5.95. The van der Waals surface area contributed by atoms with Crippen molar-refractivity contribution >= 4 is 29.2 Å². The predicted octanol–water partition coefficient (Wildman–Crippen LogP) is 2.54. The molecule has 0 radical (unpaired) electrons. The van der Waals surface area contributed by atoms with Crippen LogP contribution in [-0.4, -0.2) is 33.4 Å². The lowest BCUT2D eigenvalue weighted by atomic mass is 10.3. The van der Waals surface area contributed by atoms with Crippen molar-refractivity contribution in [2.45, 2.75) is 20.0 Å². The van der Waals surface area contributed by atoms with Gasteiger partial charge >= 0.3 is 12.0 Å². The van der Waals surface area contributed by atoms with Gasteiger partial charge in [0.15, 0.2) is 11.8 Å². The molecule has 1 unspecified atom stereocenters. The molecule has 0 saturated carbocycles. The molecule has 8 nitrogen and oxygen atoms in total. The summed E-state index contributed by atoms with van der Waals surface area (Å²) < 4.78 is 6.78. The zero-order valence-corrected chi connectivity index (χ0v) is 14.8. The molecule has 8 heteroatoms. The molecule has 1 aromatic carbocycles. The molecule has 0 spiro atoms. The number of para-hydroxylation sites is 1. The third-order valence-corrected chi connectivity index (χ3v) is 3.75. The number of aryl methyl sites for hydroxylation is 1. The molecular weight excluding hydrogens is 348 g/mol. The minimum Gasteiger partial charge on any atom is -0.448 e. The Morgan fingerprint density at radius 2 is 1.89 bits per heavy atom. The summed E-state index contributed by atoms with van der Waals surface area (Å²) in [5.74, 6) is -1.49. The fourth-order valence-corrected chi connectivity index (χ4v) is 2.35. The van der Waals surface area contributed by atoms with Gasteiger partial charge in [0.1, 0.15) is 5.65 Å². The van der Waals surface area contributed by atoms with E-state index in [2.05, 4.69) is 15.6 Å². The van der Waals surface area contributed by atoms with Gasteiger partial charge in [-0.25, -0.2) is 14.6 Å². The van der Waals surface area contributed by atoms with Gasteiger partial charge in [-0.1, -0.05) is 18.2 Å². The topological polar surface area (TPSA) is 102 Å². The van der Waals surface area contributed by atoms with E-state index in [0.717, 1.165) is 5.56 Å². The highest BCUT2D eigenvalue weighted by Crippen LogP contribution is 2.10. The lowest BCUT2D eigenvalue weighted by Crippen LogP contribution is -2.41. The van der Waals surface area contributed by atoms with E-state index in [0.29, 0.717) is 11.3 Å². The molecule has 0 aliphatic heterocycles. The summed E-state index contributed by atoms with van der Waals surface area (Å²) in [6, 6.07) is 11.6. The van der Waals surface area contributed by atoms with Gasteiger partial charge in [-0.2, -0.15) is 0 Å². The largest absolute Gasteiger partial charge is 0.448 e. The van der Waals surface area contributed by atoms with Crippen molar-refractivity contribution in [3.05, 3.63) is 66.1 Å². The van der Waals surface area contributed by atoms with Crippen LogP contribution in [0.15, 0.2) is 54.9 Å². The summed E-state index contributed by atoms with van der Waals surface area (Å²) in [6.45, 7) is 3.29. The first-order valence-electron chi connectivity index (χ1n) is 8.25. The van der Waals surface area contributed by atoms with E-state index in [-0.39, 0.29) is 5.69 Å². The number of urea groups is 1. The number of nitrogens with zero attached hydrogens (tertiary/aromatic N) is 2. The van der Waals surface area contributed by atoms with E-state index in [1.54, 1.807) is 40.9 Å². The number of rotatable bonds is 4. The van der Waals surface area contributed by atoms with Crippen LogP contribution in [0.2, 0.25) is 0 Å². The average Bonchev–Trinajstić information content (AvgIpc) is 3.05. The molecule has 1 atom stereocenters. The number of imidazole rings is 1. The van der Waals surface area contributed by atoms with Crippen LogP contribution in [0.1, 0.15) is 23.0 Å². The first-order valence-corrected chi connectivity index (χ1v) is 8.25. The Balaban J connectivity index is 1.58. The van der Waals surface area contributed by atoms with Crippen molar-refractivity contribution in [3.8, 4) is 0 Å². The second-order valence-corrected chi connectivity index (χ2v) is 5.95. The van der Waals surface area contributed by atoms with Gasteiger partial charge in [-0.05, 0) is 43.7 Å². The van der Waals surface area contributed by atoms with Crippen LogP contribution < -0.4 is 10.6 Å². The summed E-state index contributed by atoms with van der Waals surface area (Å²) >= 11 is 0. The maximum absolute atomic E-state index is 12.2. The van der Waals surface area contributed by atoms with E-state index in [1.165, 1.54) is 13.1 Å². The summed E-state index contributed by atoms with van der Waals surface area (Å²) in [5.41, 5.74) is 2.22. The van der Waals surface area contributed by atoms with Crippen molar-refractivity contribution in [2.24, 2.45) is 0 Å². The number of carbonyl (C=O) groups excluding carboxylic acids is 3. The van der Waals surface area contributed by atoms with Crippen LogP contribution in [0, 0.1) is 6.92 Å². The van der Waals surface area contributed by atoms with Crippen LogP contribution in [-0.2, 0) is 9.53 Å². The Kier molecular flexibility index (Phi) is 5.16. The fourth-order valence-electron chi connectivity index (χ4n) is 2.35. The molecule has 3 aromatic rings. The Labute approximate surface area is 155 Å². The molecular formula is C19H18N4O4. The molecule has 3 amide bonds. The monoisotopic (exact) mass is 366 g/mol. The molecule has 0 bridgehead atoms. The van der Waals surface area contributed by atoms with E-state index < -0.39 is 24.0 Å². The molecule has 138 valence electrons. The summed E-state index contributed by atoms with van der Waals surface area (Å²) in [5, 5.41) is 4.64. The maximum atomic E-state index is 12.2. The Hall–Kier alpha value is -3.68. The van der Waals surface area contributed by atoms with Crippen molar-refractivity contribution in [1.29, 1.82) is 0 Å². The van der Waals surface area contributed by atoms with Crippen LogP contribution in [0.25, 0.3) is 5.65 Å². The fraction of sp³-hybridized carbons (Fsp3) is 0.158. The number of hydrogen-bond donors (Lipinski definition) is 2. The average molecular weight is 366 g/mol. The number of anilines is 1. The number of benzene rings is 1. The number of aromatic nitrogens is 2. The van der Waals surface area contributed by atoms with Crippen LogP contribution >= 0.6 is 0 Å². The summed E-state index contributed by atoms with van der Waals surface area (Å²) in [6.07, 6.45) is 2.13. The van der Waals surface area contributed by atoms with Crippen LogP contribution in [0.4, 0.5) is 10.5 Å². The standard InChI is InChI=1S/C19H18N4O4/c1-12-8-9-23-11-15(21-16(23)10-12)18(25)27-13(2)17(24)22-19(26)20-14-6-4-3-5-7-14/h3-11,13H,1-2H3,(H2,20,22,24,26). The first kappa shape index (κ1) is 18.1. The van der Waals surface area contributed by atoms with Gasteiger partial charge in [0.25, 0.3) is 5.91 Å². The number of esters is 1. The van der Waals surface area contributed by atoms with E-state index in [1.807, 2.05) is 19.1 Å². The number of ether oxygens (including phenoxy) is 1. The SMILES string of the molecule is Cc1ccn2cc(C(=O)OC(C)C(=O)NC(=O)Nc3ccccc3)nc2c1. The second kappa shape index (κ2) is 7.69. The molecule has 2 heterocycles. The lowest BCUT2D eigenvalue weighted by Gasteiger charge is -2.12. The molecule has 0 saturated heterocycles. The lowest BCUT2D eigenvalue weighted by molar-refractivity contribution is -0.127. The summed E-state index contributed by atoms with van der Waals surface area (Å²) in [4.78, 5) is 40.3. The molecule has 2 N–H and O–H groups in total. The molecule has 0 aliphatic carbocycles. The van der Waals surface area contributed by atoms with Crippen molar-refractivity contribution < 1.29 is 19.1 Å². The Morgan fingerprint density at radius 3 is 2.63 bits per heavy atom. The van der Waals surface area contributed by atoms with Gasteiger partial charge in [-0.3, -0.25) is 10.1 Å². The zero-order chi connectivity index (χ0) is 19.4. The number of nitrogens with one attached hydrogen (secondary N) is 2. The highest BCUT2D eigenvalue weighted by molar-refractivity contribution is 6.03. The molecule has 27 heavy (non-hydrogen) atoms. The number of imide groups is 1. The summed E-state index contributed by atoms with van der Waals surface area (Å²) in [7, 11) is 0. The number of fused-ring (bicyclic) bond motifs is 1. The molecule has 2 aromatic heterocycles. The molecule has 0 aliphatic rings. The number of pyridine rings is 1. The molecule has 3 rings (SSSR count). The first-order chi connectivity index (χ1) is 12.9. The zero-order valence-electron chi connectivity index (χ0n) is 14.8. The minimum absolute atomic E-state index is 0.0778. The third-order valence-electron chi connectivity index (χ3n) is 3.75. The highest BCUT2D eigenvalue weighted by Gasteiger charge is 2.22. The smallest absolute Gasteiger partial charge is 0.359 e. The normalized spacial score (nSPS) is 11.6. The van der Waals surface area contributed by atoms with Gasteiger partial charge in [0, 0.05) is 18.1 Å². The van der Waals surface area contributed by atoms with Crippen molar-refractivity contribution in [3.63, 3.8) is 0 Å². The third kappa shape index (κ3) is 4.49. The van der Waals surface area contributed by atoms with Gasteiger partial charge in [0.2, 0.25) is 0 Å². The van der Waals surface area contributed by atoms with Crippen LogP contribution in [0.5, 0.6) is 0 Å². The van der Waals surface area contributed by atoms with Crippen molar-refractivity contribution in [2.75, 3.05) is 5.32 Å². The number of amides is 3. The number of carbonyl (C=O) groups is 3. The quantitative estimate of drug-likeness (QED) is 0.691. The Morgan fingerprint density at radius 1 is 1.15 bits per heavy atom. The van der Waals surface area contributed by atoms with E-state index in [9.17, 15) is 14.4 Å². The Bertz CT molecular complexity index is 997. The van der Waals surface area contributed by atoms with E-state index in [4.69, 9.17) is 4.74 Å². The van der Waals surface area contributed by atoms with E-state index >= 15 is 0 Å². The number of hydrogen-bond acceptors (Lipinski definition) is 5. The van der Waals surface area contributed by atoms with Gasteiger partial charge < -0.3 is 14.5 Å². The van der Waals surface area contributed by atoms with Gasteiger partial charge in [0.05, 0.1) is 0 Å². The highest BCUT2D eigenvalue weighted by atomic mass is 16.5. The molecule has 0 fully saturated rings. The van der Waals surface area contributed by atoms with Crippen molar-refractivity contribution in [1.82, 2.24) is 14.7 Å². The minimum atomic E-state index is -1.16. The predicted molar refractivity (Wildman–Crippen MR) is 98.4 cm³/mol.